The average Bonchev–Trinajstić information content (AvgIpc) is 3.01. The van der Waals surface area contributed by atoms with Crippen LogP contribution >= 0.6 is 0 Å². The Labute approximate surface area is 175 Å². The number of nitrogens with one attached hydrogen (secondary N) is 1. The Morgan fingerprint density at radius 2 is 1.90 bits per heavy atom. The largest absolute Gasteiger partial charge is 0.594 e. The minimum absolute atomic E-state index is 0.0835. The molecule has 0 spiro atoms. The van der Waals surface area contributed by atoms with Crippen LogP contribution in [-0.4, -0.2) is 26.4 Å². The van der Waals surface area contributed by atoms with E-state index in [2.05, 4.69) is 29.3 Å². The predicted molar refractivity (Wildman–Crippen MR) is 117 cm³/mol. The van der Waals surface area contributed by atoms with Crippen molar-refractivity contribution in [1.29, 1.82) is 0 Å². The maximum atomic E-state index is 12.6. The van der Waals surface area contributed by atoms with Crippen LogP contribution in [0.15, 0.2) is 58.4 Å². The van der Waals surface area contributed by atoms with Crippen molar-refractivity contribution in [3.8, 4) is 0 Å². The monoisotopic (exact) mass is 408 g/mol. The lowest BCUT2D eigenvalue weighted by Crippen LogP contribution is -2.17. The molecule has 0 fully saturated rings. The second-order valence-electron chi connectivity index (χ2n) is 7.44. The Morgan fingerprint density at radius 1 is 1.10 bits per heavy atom. The summed E-state index contributed by atoms with van der Waals surface area (Å²) in [7, 11) is 0. The lowest BCUT2D eigenvalue weighted by molar-refractivity contribution is -0.435. The zero-order chi connectivity index (χ0) is 21.5. The van der Waals surface area contributed by atoms with Crippen LogP contribution in [-0.2, 0) is 19.4 Å². The molecule has 3 rings (SSSR count). The summed E-state index contributed by atoms with van der Waals surface area (Å²) in [6, 6.07) is 15.6. The minimum Gasteiger partial charge on any atom is -0.594 e. The number of nitrogens with zero attached hydrogens (tertiary/aromatic N) is 3. The molecule has 0 atom stereocenters. The predicted octanol–water partition coefficient (Wildman–Crippen LogP) is 4.28. The summed E-state index contributed by atoms with van der Waals surface area (Å²) in [5, 5.41) is 28.5. The maximum absolute atomic E-state index is 12.6. The van der Waals surface area contributed by atoms with Crippen LogP contribution in [0.1, 0.15) is 35.2 Å². The Hall–Kier alpha value is -3.19. The number of aliphatic hydroxyl groups excluding tert-OH is 1. The summed E-state index contributed by atoms with van der Waals surface area (Å²) < 4.78 is 1.43. The molecule has 7 heteroatoms. The number of hydrogen-bond donors (Lipinski definition) is 2. The van der Waals surface area contributed by atoms with Crippen LogP contribution in [0.2, 0.25) is 0 Å². The molecule has 0 amide bonds. The van der Waals surface area contributed by atoms with E-state index < -0.39 is 0 Å². The van der Waals surface area contributed by atoms with E-state index in [-0.39, 0.29) is 17.9 Å². The van der Waals surface area contributed by atoms with Crippen LogP contribution in [0.5, 0.6) is 0 Å². The van der Waals surface area contributed by atoms with E-state index in [1.807, 2.05) is 30.3 Å². The molecule has 7 nitrogen and oxygen atoms in total. The van der Waals surface area contributed by atoms with E-state index >= 15 is 0 Å². The fourth-order valence-corrected chi connectivity index (χ4v) is 3.40. The molecule has 2 N–H and O–H groups in total. The van der Waals surface area contributed by atoms with Crippen molar-refractivity contribution >= 4 is 11.4 Å². The van der Waals surface area contributed by atoms with Crippen molar-refractivity contribution in [1.82, 2.24) is 9.78 Å². The Bertz CT molecular complexity index is 1080. The van der Waals surface area contributed by atoms with Gasteiger partial charge in [0, 0.05) is 30.4 Å². The first-order chi connectivity index (χ1) is 14.5. The number of azo groups is 1. The van der Waals surface area contributed by atoms with Gasteiger partial charge >= 0.3 is 0 Å². The smallest absolute Gasteiger partial charge is 0.298 e. The lowest BCUT2D eigenvalue weighted by Gasteiger charge is -2.06. The molecule has 0 radical (unpaired) electrons. The number of aromatic amines is 1. The van der Waals surface area contributed by atoms with Gasteiger partial charge in [-0.2, -0.15) is 0 Å². The van der Waals surface area contributed by atoms with Crippen molar-refractivity contribution in [2.24, 2.45) is 5.11 Å². The van der Waals surface area contributed by atoms with Crippen molar-refractivity contribution < 1.29 is 9.97 Å². The molecule has 0 bridgehead atoms. The highest BCUT2D eigenvalue weighted by atomic mass is 16.5. The molecule has 2 aromatic carbocycles. The Morgan fingerprint density at radius 3 is 2.67 bits per heavy atom. The van der Waals surface area contributed by atoms with Crippen LogP contribution in [0.3, 0.4) is 0 Å². The number of aryl methyl sites for hydroxylation is 5. The number of aliphatic hydroxyl groups is 1. The van der Waals surface area contributed by atoms with Gasteiger partial charge in [0.25, 0.3) is 5.56 Å². The van der Waals surface area contributed by atoms with Gasteiger partial charge in [0.15, 0.2) is 0 Å². The van der Waals surface area contributed by atoms with E-state index in [0.29, 0.717) is 35.6 Å². The third-order valence-electron chi connectivity index (χ3n) is 5.16. The van der Waals surface area contributed by atoms with Crippen molar-refractivity contribution in [2.45, 2.75) is 46.1 Å². The molecule has 0 aliphatic heterocycles. The van der Waals surface area contributed by atoms with Gasteiger partial charge in [0.1, 0.15) is 0 Å². The standard InChI is InChI=1S/C23H28N4O3/c1-17-8-3-4-10-20(17)13-12-19-9-7-11-21(16-19)27(30)25-22-18(2)24-26(23(22)29)14-5-6-15-28/h3-4,7-11,16,24,28H,5-6,12-15H2,1-2H3. The Balaban J connectivity index is 1.76. The van der Waals surface area contributed by atoms with Gasteiger partial charge < -0.3 is 10.3 Å². The summed E-state index contributed by atoms with van der Waals surface area (Å²) in [5.74, 6) is 0. The molecule has 1 aromatic heterocycles. The van der Waals surface area contributed by atoms with Gasteiger partial charge in [-0.1, -0.05) is 36.4 Å². The molecule has 0 saturated heterocycles. The first-order valence-electron chi connectivity index (χ1n) is 10.2. The van der Waals surface area contributed by atoms with E-state index in [9.17, 15) is 10.0 Å². The first-order valence-corrected chi connectivity index (χ1v) is 10.2. The maximum Gasteiger partial charge on any atom is 0.298 e. The number of hydrogen-bond acceptors (Lipinski definition) is 4. The topological polar surface area (TPSA) is 96.4 Å². The number of rotatable bonds is 9. The highest BCUT2D eigenvalue weighted by Gasteiger charge is 2.15. The van der Waals surface area contributed by atoms with Crippen molar-refractivity contribution in [2.75, 3.05) is 6.61 Å². The lowest BCUT2D eigenvalue weighted by atomic mass is 10.0. The van der Waals surface area contributed by atoms with E-state index in [0.717, 1.165) is 18.4 Å². The summed E-state index contributed by atoms with van der Waals surface area (Å²) in [6.07, 6.45) is 2.98. The second-order valence-corrected chi connectivity index (χ2v) is 7.44. The highest BCUT2D eigenvalue weighted by Crippen LogP contribution is 2.20. The Kier molecular flexibility index (Phi) is 7.19. The zero-order valence-electron chi connectivity index (χ0n) is 17.5. The SMILES string of the molecule is Cc1ccccc1CCc1cccc([N+]([O-])=Nc2c(C)[nH]n(CCCCO)c2=O)c1. The first kappa shape index (κ1) is 21.5. The summed E-state index contributed by atoms with van der Waals surface area (Å²) in [5.41, 5.74) is 4.30. The summed E-state index contributed by atoms with van der Waals surface area (Å²) in [4.78, 5) is 13.0. The second kappa shape index (κ2) is 10.0. The van der Waals surface area contributed by atoms with Gasteiger partial charge in [-0.05, 0) is 61.1 Å². The van der Waals surface area contributed by atoms with Crippen LogP contribution in [0.25, 0.3) is 0 Å². The molecule has 1 heterocycles. The molecule has 158 valence electrons. The van der Waals surface area contributed by atoms with Gasteiger partial charge in [0.05, 0.1) is 5.69 Å². The van der Waals surface area contributed by atoms with Gasteiger partial charge in [-0.15, -0.1) is 0 Å². The number of H-pyrrole nitrogens is 1. The molecular weight excluding hydrogens is 380 g/mol. The number of benzene rings is 2. The minimum atomic E-state index is -0.331. The van der Waals surface area contributed by atoms with Crippen molar-refractivity contribution in [3.63, 3.8) is 0 Å². The number of aromatic nitrogens is 2. The van der Waals surface area contributed by atoms with E-state index in [1.165, 1.54) is 15.8 Å². The fraction of sp³-hybridized carbons (Fsp3) is 0.348. The molecule has 3 aromatic rings. The molecule has 0 aliphatic rings. The normalized spacial score (nSPS) is 11.8. The fourth-order valence-electron chi connectivity index (χ4n) is 3.40. The molecular formula is C23H28N4O3. The van der Waals surface area contributed by atoms with E-state index in [1.54, 1.807) is 13.0 Å². The molecule has 0 unspecified atom stereocenters. The molecule has 0 saturated carbocycles. The average molecular weight is 409 g/mol. The third kappa shape index (κ3) is 5.24. The summed E-state index contributed by atoms with van der Waals surface area (Å²) in [6.45, 7) is 4.35. The summed E-state index contributed by atoms with van der Waals surface area (Å²) >= 11 is 0. The quantitative estimate of drug-likeness (QED) is 0.239. The van der Waals surface area contributed by atoms with Crippen molar-refractivity contribution in [3.05, 3.63) is 86.5 Å². The van der Waals surface area contributed by atoms with E-state index in [4.69, 9.17) is 5.11 Å². The molecule has 0 aliphatic carbocycles. The number of unbranched alkanes of at least 4 members (excludes halogenated alkanes) is 1. The van der Waals surface area contributed by atoms with Crippen LogP contribution < -0.4 is 5.56 Å². The van der Waals surface area contributed by atoms with Crippen LogP contribution in [0.4, 0.5) is 11.4 Å². The van der Waals surface area contributed by atoms with Gasteiger partial charge in [-0.25, -0.2) is 0 Å². The highest BCUT2D eigenvalue weighted by molar-refractivity contribution is 5.39. The van der Waals surface area contributed by atoms with Gasteiger partial charge in [0.2, 0.25) is 11.4 Å². The molecule has 30 heavy (non-hydrogen) atoms. The third-order valence-corrected chi connectivity index (χ3v) is 5.16. The van der Waals surface area contributed by atoms with Gasteiger partial charge in [-0.3, -0.25) is 14.6 Å². The van der Waals surface area contributed by atoms with Crippen LogP contribution in [0, 0.1) is 19.1 Å². The zero-order valence-corrected chi connectivity index (χ0v) is 17.5.